The van der Waals surface area contributed by atoms with Crippen molar-refractivity contribution >= 4 is 45.3 Å². The summed E-state index contributed by atoms with van der Waals surface area (Å²) in [6, 6.07) is 11.5. The predicted molar refractivity (Wildman–Crippen MR) is 172 cm³/mol. The first-order chi connectivity index (χ1) is 22.3. The van der Waals surface area contributed by atoms with Crippen LogP contribution in [0.5, 0.6) is 11.5 Å². The highest BCUT2D eigenvalue weighted by atomic mass is 32.1. The van der Waals surface area contributed by atoms with Crippen LogP contribution in [0.15, 0.2) is 54.9 Å². The van der Waals surface area contributed by atoms with Crippen molar-refractivity contribution < 1.29 is 28.6 Å². The van der Waals surface area contributed by atoms with E-state index in [-0.39, 0.29) is 42.9 Å². The van der Waals surface area contributed by atoms with Crippen LogP contribution in [0, 0.1) is 5.82 Å². The molecule has 3 aromatic heterocycles. The van der Waals surface area contributed by atoms with Gasteiger partial charge < -0.3 is 31.1 Å². The Morgan fingerprint density at radius 2 is 1.74 bits per heavy atom. The number of anilines is 1. The third-order valence-electron chi connectivity index (χ3n) is 7.73. The lowest BCUT2D eigenvalue weighted by molar-refractivity contribution is -0.136. The number of nitrogens with one attached hydrogen (secondary N) is 4. The van der Waals surface area contributed by atoms with Crippen molar-refractivity contribution in [1.82, 2.24) is 30.8 Å². The van der Waals surface area contributed by atoms with Gasteiger partial charge in [-0.3, -0.25) is 19.7 Å². The number of likely N-dealkylation sites (tertiary alicyclic amines) is 1. The van der Waals surface area contributed by atoms with E-state index in [1.807, 2.05) is 24.4 Å². The van der Waals surface area contributed by atoms with E-state index in [2.05, 4.69) is 31.2 Å². The van der Waals surface area contributed by atoms with Gasteiger partial charge in [-0.15, -0.1) is 11.3 Å². The van der Waals surface area contributed by atoms with Crippen LogP contribution < -0.4 is 26.0 Å². The average Bonchev–Trinajstić information content (AvgIpc) is 3.73. The van der Waals surface area contributed by atoms with E-state index < -0.39 is 11.8 Å². The van der Waals surface area contributed by atoms with Crippen molar-refractivity contribution in [3.63, 3.8) is 0 Å². The van der Waals surface area contributed by atoms with Gasteiger partial charge in [-0.2, -0.15) is 0 Å². The van der Waals surface area contributed by atoms with E-state index in [9.17, 15) is 18.8 Å². The van der Waals surface area contributed by atoms with E-state index in [4.69, 9.17) is 14.8 Å². The van der Waals surface area contributed by atoms with Crippen molar-refractivity contribution in [2.75, 3.05) is 25.0 Å². The highest BCUT2D eigenvalue weighted by Gasteiger charge is 2.24. The number of aliphatic carboxylic acids is 1. The zero-order chi connectivity index (χ0) is 32.0. The number of aromatic nitrogens is 2. The third-order valence-corrected chi connectivity index (χ3v) is 8.89. The molecule has 0 bridgehead atoms. The number of carboxylic acids is 1. The molecule has 14 heteroatoms. The molecule has 1 aromatic carbocycles. The largest absolute Gasteiger partial charge is 0.481 e. The smallest absolute Gasteiger partial charge is 0.319 e. The molecule has 4 amide bonds. The Hall–Kier alpha value is -4.82. The quantitative estimate of drug-likeness (QED) is 0.147. The lowest BCUT2D eigenvalue weighted by atomic mass is 10.0. The summed E-state index contributed by atoms with van der Waals surface area (Å²) >= 11 is 1.46. The summed E-state index contributed by atoms with van der Waals surface area (Å²) in [5, 5.41) is 19.6. The van der Waals surface area contributed by atoms with Gasteiger partial charge in [0.15, 0.2) is 11.6 Å². The summed E-state index contributed by atoms with van der Waals surface area (Å²) in [5.41, 5.74) is 2.92. The van der Waals surface area contributed by atoms with E-state index in [0.29, 0.717) is 17.0 Å². The van der Waals surface area contributed by atoms with Crippen LogP contribution in [0.1, 0.15) is 37.7 Å². The number of urea groups is 2. The lowest BCUT2D eigenvalue weighted by Crippen LogP contribution is -2.48. The molecule has 2 fully saturated rings. The number of benzene rings is 1. The minimum atomic E-state index is -0.946. The topological polar surface area (TPSA) is 158 Å². The second-order valence-electron chi connectivity index (χ2n) is 11.4. The van der Waals surface area contributed by atoms with Gasteiger partial charge in [0.2, 0.25) is 0 Å². The van der Waals surface area contributed by atoms with Crippen LogP contribution in [0.4, 0.5) is 19.7 Å². The van der Waals surface area contributed by atoms with Crippen LogP contribution >= 0.6 is 11.3 Å². The van der Waals surface area contributed by atoms with Crippen LogP contribution in [-0.4, -0.2) is 69.7 Å². The Kier molecular flexibility index (Phi) is 9.54. The summed E-state index contributed by atoms with van der Waals surface area (Å²) in [5.74, 6) is -1.03. The number of carbonyl (C=O) groups is 3. The summed E-state index contributed by atoms with van der Waals surface area (Å²) in [4.78, 5) is 46.9. The fourth-order valence-electron chi connectivity index (χ4n) is 5.16. The first-order valence-corrected chi connectivity index (χ1v) is 16.0. The summed E-state index contributed by atoms with van der Waals surface area (Å²) in [6.07, 6.45) is 6.91. The third kappa shape index (κ3) is 8.25. The molecule has 1 saturated heterocycles. The maximum atomic E-state index is 14.9. The van der Waals surface area contributed by atoms with Crippen LogP contribution in [0.25, 0.3) is 20.8 Å². The number of nitrogens with zero attached hydrogens (tertiary/aromatic N) is 3. The summed E-state index contributed by atoms with van der Waals surface area (Å²) in [6.45, 7) is 2.48. The van der Waals surface area contributed by atoms with Crippen LogP contribution in [0.3, 0.4) is 0 Å². The Morgan fingerprint density at radius 1 is 0.957 bits per heavy atom. The first-order valence-electron chi connectivity index (χ1n) is 15.2. The highest BCUT2D eigenvalue weighted by Crippen LogP contribution is 2.39. The normalized spacial score (nSPS) is 15.3. The molecule has 6 rings (SSSR count). The molecule has 1 aliphatic heterocycles. The number of halogens is 1. The lowest BCUT2D eigenvalue weighted by Gasteiger charge is -2.32. The Morgan fingerprint density at radius 3 is 2.46 bits per heavy atom. The van der Waals surface area contributed by atoms with Gasteiger partial charge in [0.25, 0.3) is 0 Å². The second-order valence-corrected chi connectivity index (χ2v) is 12.5. The number of ether oxygens (including phenoxy) is 1. The van der Waals surface area contributed by atoms with Gasteiger partial charge in [-0.1, -0.05) is 6.07 Å². The number of fused-ring (bicyclic) bond motifs is 1. The number of carbonyl (C=O) groups excluding carboxylic acids is 2. The predicted octanol–water partition coefficient (Wildman–Crippen LogP) is 5.31. The van der Waals surface area contributed by atoms with E-state index in [1.54, 1.807) is 18.3 Å². The fourth-order valence-corrected chi connectivity index (χ4v) is 6.20. The maximum Gasteiger partial charge on any atom is 0.319 e. The van der Waals surface area contributed by atoms with E-state index in [1.165, 1.54) is 23.5 Å². The number of rotatable bonds is 11. The maximum absolute atomic E-state index is 14.9. The molecule has 12 nitrogen and oxygen atoms in total. The number of amides is 4. The number of carboxylic acid groups (broad SMARTS) is 1. The standard InChI is InChI=1S/C32H34FN7O5S/c33-23-15-22(39-32(44)38-20-2-3-20)4-6-26(23)45-27-7-11-34-25-16-28(46-30(25)27)24-5-1-19(17-36-24)18-40-13-9-21(10-14-40)37-31(43)35-12-8-29(41)42/h1,4-7,11,15-17,20-21H,2-3,8-10,12-14,18H2,(H,41,42)(H2,35,37,43)(H2,38,39,44). The molecule has 1 saturated carbocycles. The Labute approximate surface area is 268 Å². The second kappa shape index (κ2) is 14.1. The van der Waals surface area contributed by atoms with Gasteiger partial charge in [0.1, 0.15) is 5.75 Å². The Bertz CT molecular complexity index is 1720. The van der Waals surface area contributed by atoms with E-state index >= 15 is 0 Å². The van der Waals surface area contributed by atoms with Crippen molar-refractivity contribution in [2.45, 2.75) is 50.7 Å². The molecular weight excluding hydrogens is 613 g/mol. The molecule has 0 atom stereocenters. The van der Waals surface area contributed by atoms with Gasteiger partial charge in [0.05, 0.1) is 27.2 Å². The molecule has 4 heterocycles. The first kappa shape index (κ1) is 31.2. The van der Waals surface area contributed by atoms with Gasteiger partial charge in [-0.05, 0) is 55.5 Å². The fraction of sp³-hybridized carbons (Fsp3) is 0.344. The minimum absolute atomic E-state index is 0.0388. The summed E-state index contributed by atoms with van der Waals surface area (Å²) < 4.78 is 21.6. The molecule has 4 aromatic rings. The average molecular weight is 648 g/mol. The SMILES string of the molecule is O=C(O)CCNC(=O)NC1CCN(Cc2ccc(-c3cc4nccc(Oc5ccc(NC(=O)NC6CC6)cc5F)c4s3)nc2)CC1. The molecule has 46 heavy (non-hydrogen) atoms. The molecule has 2 aliphatic rings. The van der Waals surface area contributed by atoms with Gasteiger partial charge in [-0.25, -0.2) is 14.0 Å². The van der Waals surface area contributed by atoms with E-state index in [0.717, 1.165) is 66.2 Å². The molecule has 0 radical (unpaired) electrons. The number of piperidine rings is 1. The molecule has 1 aliphatic carbocycles. The van der Waals surface area contributed by atoms with Crippen molar-refractivity contribution in [1.29, 1.82) is 0 Å². The number of hydrogen-bond acceptors (Lipinski definition) is 8. The number of hydrogen-bond donors (Lipinski definition) is 5. The molecule has 5 N–H and O–H groups in total. The highest BCUT2D eigenvalue weighted by molar-refractivity contribution is 7.22. The molecule has 0 spiro atoms. The molecule has 240 valence electrons. The monoisotopic (exact) mass is 647 g/mol. The van der Waals surface area contributed by atoms with Gasteiger partial charge in [0, 0.05) is 68.5 Å². The van der Waals surface area contributed by atoms with Crippen LogP contribution in [0.2, 0.25) is 0 Å². The zero-order valence-corrected chi connectivity index (χ0v) is 25.7. The van der Waals surface area contributed by atoms with Gasteiger partial charge >= 0.3 is 18.0 Å². The number of thiophene rings is 1. The van der Waals surface area contributed by atoms with Crippen molar-refractivity contribution in [3.05, 3.63) is 66.2 Å². The summed E-state index contributed by atoms with van der Waals surface area (Å²) in [7, 11) is 0. The molecule has 0 unspecified atom stereocenters. The number of pyridine rings is 2. The Balaban J connectivity index is 1.03. The van der Waals surface area contributed by atoms with Crippen molar-refractivity contribution in [3.8, 4) is 22.1 Å². The zero-order valence-electron chi connectivity index (χ0n) is 24.9. The minimum Gasteiger partial charge on any atom is -0.481 e. The van der Waals surface area contributed by atoms with Crippen LogP contribution in [-0.2, 0) is 11.3 Å². The molecular formula is C32H34FN7O5S. The van der Waals surface area contributed by atoms with Crippen molar-refractivity contribution in [2.24, 2.45) is 0 Å².